The van der Waals surface area contributed by atoms with Crippen molar-refractivity contribution in [3.8, 4) is 28.6 Å². The van der Waals surface area contributed by atoms with Gasteiger partial charge < -0.3 is 19.2 Å². The minimum Gasteiger partial charge on any atom is -0.496 e. The number of hydrogen-bond acceptors (Lipinski definition) is 6. The van der Waals surface area contributed by atoms with E-state index in [2.05, 4.69) is 9.88 Å². The molecule has 0 saturated heterocycles. The van der Waals surface area contributed by atoms with Crippen molar-refractivity contribution in [1.82, 2.24) is 14.9 Å². The van der Waals surface area contributed by atoms with Gasteiger partial charge in [0.1, 0.15) is 23.1 Å². The minimum absolute atomic E-state index is 0.0557. The minimum atomic E-state index is -0.0557. The third-order valence-corrected chi connectivity index (χ3v) is 5.68. The third-order valence-electron chi connectivity index (χ3n) is 5.68. The number of H-pyrrole nitrogens is 1. The van der Waals surface area contributed by atoms with Crippen LogP contribution in [0.25, 0.3) is 11.4 Å². The van der Waals surface area contributed by atoms with E-state index in [1.807, 2.05) is 43.3 Å². The average Bonchev–Trinajstić information content (AvgIpc) is 2.79. The zero-order chi connectivity index (χ0) is 22.0. The van der Waals surface area contributed by atoms with Crippen LogP contribution in [-0.2, 0) is 19.5 Å². The zero-order valence-corrected chi connectivity index (χ0v) is 18.3. The zero-order valence-electron chi connectivity index (χ0n) is 18.3. The van der Waals surface area contributed by atoms with E-state index in [4.69, 9.17) is 19.2 Å². The Bertz CT molecular complexity index is 1110. The highest BCUT2D eigenvalue weighted by Crippen LogP contribution is 2.35. The van der Waals surface area contributed by atoms with E-state index in [-0.39, 0.29) is 5.56 Å². The van der Waals surface area contributed by atoms with Gasteiger partial charge in [-0.25, -0.2) is 4.98 Å². The fraction of sp³-hybridized carbons (Fsp3) is 0.333. The van der Waals surface area contributed by atoms with Crippen LogP contribution in [0.4, 0.5) is 0 Å². The average molecular weight is 421 g/mol. The number of nitrogens with one attached hydrogen (secondary N) is 1. The number of benzene rings is 2. The summed E-state index contributed by atoms with van der Waals surface area (Å²) in [5.41, 5.74) is 4.54. The molecule has 1 aromatic heterocycles. The normalized spacial score (nSPS) is 13.5. The molecule has 7 nitrogen and oxygen atoms in total. The van der Waals surface area contributed by atoms with Gasteiger partial charge in [0.05, 0.1) is 32.6 Å². The first kappa shape index (κ1) is 20.9. The smallest absolute Gasteiger partial charge is 0.254 e. The molecule has 0 radical (unpaired) electrons. The van der Waals surface area contributed by atoms with Gasteiger partial charge in [0, 0.05) is 42.9 Å². The Morgan fingerprint density at radius 1 is 1.03 bits per heavy atom. The second-order valence-electron chi connectivity index (χ2n) is 7.68. The number of nitrogens with zero attached hydrogens (tertiary/aromatic N) is 2. The molecule has 0 unspecified atom stereocenters. The summed E-state index contributed by atoms with van der Waals surface area (Å²) in [6, 6.07) is 11.7. The predicted octanol–water partition coefficient (Wildman–Crippen LogP) is 3.33. The molecular formula is C24H27N3O4. The van der Waals surface area contributed by atoms with Gasteiger partial charge in [-0.3, -0.25) is 9.69 Å². The second kappa shape index (κ2) is 8.81. The topological polar surface area (TPSA) is 76.7 Å². The number of methoxy groups -OCH3 is 3. The summed E-state index contributed by atoms with van der Waals surface area (Å²) in [7, 11) is 4.89. The molecule has 2 aromatic carbocycles. The van der Waals surface area contributed by atoms with Crippen LogP contribution in [0.2, 0.25) is 0 Å². The maximum atomic E-state index is 12.7. The van der Waals surface area contributed by atoms with Gasteiger partial charge in [-0.15, -0.1) is 0 Å². The number of fused-ring (bicyclic) bond motifs is 1. The molecule has 7 heteroatoms. The Kier molecular flexibility index (Phi) is 5.95. The lowest BCUT2D eigenvalue weighted by atomic mass is 10.0. The fourth-order valence-electron chi connectivity index (χ4n) is 3.93. The largest absolute Gasteiger partial charge is 0.496 e. The molecule has 3 aromatic rings. The Morgan fingerprint density at radius 3 is 2.32 bits per heavy atom. The van der Waals surface area contributed by atoms with Gasteiger partial charge in [0.15, 0.2) is 0 Å². The van der Waals surface area contributed by atoms with Crippen molar-refractivity contribution >= 4 is 0 Å². The highest BCUT2D eigenvalue weighted by molar-refractivity contribution is 5.56. The Morgan fingerprint density at radius 2 is 1.71 bits per heavy atom. The van der Waals surface area contributed by atoms with Crippen molar-refractivity contribution in [2.75, 3.05) is 27.9 Å². The summed E-state index contributed by atoms with van der Waals surface area (Å²) < 4.78 is 16.5. The molecule has 0 saturated carbocycles. The molecular weight excluding hydrogens is 394 g/mol. The molecule has 0 aliphatic carbocycles. The van der Waals surface area contributed by atoms with E-state index in [1.165, 1.54) is 0 Å². The highest BCUT2D eigenvalue weighted by atomic mass is 16.5. The SMILES string of the molecule is COc1cc(OC)c(CN2CCc3c(nc(-c4ccc(C)cc4)[nH]c3=O)C2)c(OC)c1. The van der Waals surface area contributed by atoms with Crippen molar-refractivity contribution in [2.24, 2.45) is 0 Å². The van der Waals surface area contributed by atoms with Crippen LogP contribution in [0.3, 0.4) is 0 Å². The van der Waals surface area contributed by atoms with E-state index in [9.17, 15) is 4.79 Å². The first-order valence-corrected chi connectivity index (χ1v) is 10.2. The molecule has 162 valence electrons. The summed E-state index contributed by atoms with van der Waals surface area (Å²) in [6.45, 7) is 3.98. The second-order valence-corrected chi connectivity index (χ2v) is 7.68. The number of aryl methyl sites for hydroxylation is 1. The number of ether oxygens (including phenoxy) is 3. The summed E-state index contributed by atoms with van der Waals surface area (Å²) >= 11 is 0. The predicted molar refractivity (Wildman–Crippen MR) is 119 cm³/mol. The van der Waals surface area contributed by atoms with Crippen molar-refractivity contribution in [3.05, 3.63) is 69.1 Å². The molecule has 0 bridgehead atoms. The Balaban J connectivity index is 1.63. The maximum absolute atomic E-state index is 12.7. The molecule has 0 spiro atoms. The van der Waals surface area contributed by atoms with Crippen LogP contribution in [-0.4, -0.2) is 42.7 Å². The number of hydrogen-bond donors (Lipinski definition) is 1. The monoisotopic (exact) mass is 421 g/mol. The van der Waals surface area contributed by atoms with Crippen LogP contribution in [0.5, 0.6) is 17.2 Å². The molecule has 0 fully saturated rings. The van der Waals surface area contributed by atoms with Crippen molar-refractivity contribution in [2.45, 2.75) is 26.4 Å². The Labute approximate surface area is 181 Å². The maximum Gasteiger partial charge on any atom is 0.254 e. The molecule has 4 rings (SSSR count). The standard InChI is InChI=1S/C24H27N3O4/c1-15-5-7-16(8-6-15)23-25-20-14-27(10-9-18(20)24(28)26-23)13-19-21(30-3)11-17(29-2)12-22(19)31-4/h5-8,11-12H,9-10,13-14H2,1-4H3,(H,25,26,28). The van der Waals surface area contributed by atoms with Crippen molar-refractivity contribution in [1.29, 1.82) is 0 Å². The molecule has 1 aliphatic rings. The first-order valence-electron chi connectivity index (χ1n) is 10.2. The van der Waals surface area contributed by atoms with Crippen molar-refractivity contribution < 1.29 is 14.2 Å². The number of aromatic amines is 1. The van der Waals surface area contributed by atoms with Gasteiger partial charge in [0.2, 0.25) is 0 Å². The highest BCUT2D eigenvalue weighted by Gasteiger charge is 2.24. The summed E-state index contributed by atoms with van der Waals surface area (Å²) in [5.74, 6) is 2.70. The molecule has 0 amide bonds. The molecule has 31 heavy (non-hydrogen) atoms. The van der Waals surface area contributed by atoms with E-state index < -0.39 is 0 Å². The number of rotatable bonds is 6. The lowest BCUT2D eigenvalue weighted by Crippen LogP contribution is -2.35. The van der Waals surface area contributed by atoms with Crippen LogP contribution in [0, 0.1) is 6.92 Å². The summed E-state index contributed by atoms with van der Waals surface area (Å²) in [5, 5.41) is 0. The van der Waals surface area contributed by atoms with Crippen LogP contribution < -0.4 is 19.8 Å². The van der Waals surface area contributed by atoms with Gasteiger partial charge >= 0.3 is 0 Å². The van der Waals surface area contributed by atoms with E-state index in [0.717, 1.165) is 34.5 Å². The van der Waals surface area contributed by atoms with Gasteiger partial charge in [-0.2, -0.15) is 0 Å². The fourth-order valence-corrected chi connectivity index (χ4v) is 3.93. The van der Waals surface area contributed by atoms with Crippen LogP contribution >= 0.6 is 0 Å². The lowest BCUT2D eigenvalue weighted by molar-refractivity contribution is 0.232. The molecule has 1 N–H and O–H groups in total. The van der Waals surface area contributed by atoms with Crippen molar-refractivity contribution in [3.63, 3.8) is 0 Å². The van der Waals surface area contributed by atoms with Gasteiger partial charge in [-0.1, -0.05) is 29.8 Å². The molecule has 1 aliphatic heterocycles. The van der Waals surface area contributed by atoms with E-state index in [0.29, 0.717) is 42.6 Å². The molecule has 0 atom stereocenters. The van der Waals surface area contributed by atoms with E-state index >= 15 is 0 Å². The van der Waals surface area contributed by atoms with Gasteiger partial charge in [-0.05, 0) is 13.3 Å². The summed E-state index contributed by atoms with van der Waals surface area (Å²) in [6.07, 6.45) is 0.645. The van der Waals surface area contributed by atoms with Crippen LogP contribution in [0.15, 0.2) is 41.2 Å². The van der Waals surface area contributed by atoms with Crippen LogP contribution in [0.1, 0.15) is 22.4 Å². The summed E-state index contributed by atoms with van der Waals surface area (Å²) in [4.78, 5) is 22.7. The lowest BCUT2D eigenvalue weighted by Gasteiger charge is -2.29. The quantitative estimate of drug-likeness (QED) is 0.658. The number of aromatic nitrogens is 2. The van der Waals surface area contributed by atoms with E-state index in [1.54, 1.807) is 21.3 Å². The Hall–Kier alpha value is -3.32. The van der Waals surface area contributed by atoms with Gasteiger partial charge in [0.25, 0.3) is 5.56 Å². The third kappa shape index (κ3) is 4.27. The molecule has 2 heterocycles. The first-order chi connectivity index (χ1) is 15.0.